The number of aromatic nitrogens is 4. The van der Waals surface area contributed by atoms with Gasteiger partial charge in [0.1, 0.15) is 66.3 Å². The van der Waals surface area contributed by atoms with Crippen LogP contribution in [0.1, 0.15) is 115 Å². The molecule has 7 atom stereocenters. The van der Waals surface area contributed by atoms with Crippen molar-refractivity contribution in [1.29, 1.82) is 5.26 Å². The molecule has 2 aromatic heterocycles. The molecular weight excluding hydrogens is 1180 g/mol. The summed E-state index contributed by atoms with van der Waals surface area (Å²) in [5.74, 6) is 2.48. The summed E-state index contributed by atoms with van der Waals surface area (Å²) in [7, 11) is -5.06. The number of methoxy groups -OCH3 is 2. The Labute approximate surface area is 512 Å². The number of hydrogen-bond acceptors (Lipinski definition) is 17. The number of aromatic amines is 2. The fourth-order valence-electron chi connectivity index (χ4n) is 11.4. The smallest absolute Gasteiger partial charge is 0.437 e. The lowest BCUT2D eigenvalue weighted by atomic mass is 9.80. The highest BCUT2D eigenvalue weighted by atomic mass is 35.5. The summed E-state index contributed by atoms with van der Waals surface area (Å²) >= 11 is 6.80. The van der Waals surface area contributed by atoms with E-state index in [4.69, 9.17) is 53.4 Å². The molecule has 0 aliphatic carbocycles. The molecule has 4 heterocycles. The Balaban J connectivity index is 1.28. The molecule has 24 heteroatoms. The largest absolute Gasteiger partial charge is 0.497 e. The van der Waals surface area contributed by atoms with E-state index in [-0.39, 0.29) is 78.5 Å². The fraction of sp³-hybridized carbons (Fsp3) is 0.444. The van der Waals surface area contributed by atoms with Gasteiger partial charge in [0.2, 0.25) is 0 Å². The van der Waals surface area contributed by atoms with Crippen molar-refractivity contribution >= 4 is 27.2 Å². The Morgan fingerprint density at radius 1 is 0.713 bits per heavy atom. The first kappa shape index (κ1) is 66.5. The lowest BCUT2D eigenvalue weighted by Crippen LogP contribution is -2.51. The van der Waals surface area contributed by atoms with Crippen LogP contribution in [-0.4, -0.2) is 104 Å². The Bertz CT molecular complexity index is 3580. The van der Waals surface area contributed by atoms with Gasteiger partial charge in [-0.05, 0) is 128 Å². The summed E-state index contributed by atoms with van der Waals surface area (Å²) in [5.41, 5.74) is -1.36. The number of nitrogens with zero attached hydrogens (tertiary/aromatic N) is 5. The van der Waals surface area contributed by atoms with E-state index in [0.717, 1.165) is 5.56 Å². The molecule has 2 N–H and O–H groups in total. The summed E-state index contributed by atoms with van der Waals surface area (Å²) in [6.07, 6.45) is -2.35. The van der Waals surface area contributed by atoms with E-state index in [0.29, 0.717) is 22.6 Å². The molecule has 0 bridgehead atoms. The minimum atomic E-state index is -4.73. The highest BCUT2D eigenvalue weighted by Crippen LogP contribution is 2.71. The van der Waals surface area contributed by atoms with Crippen LogP contribution < -0.4 is 36.5 Å². The van der Waals surface area contributed by atoms with E-state index in [1.165, 1.54) is 39.5 Å². The Kier molecular flexibility index (Phi) is 22.0. The van der Waals surface area contributed by atoms with Crippen LogP contribution >= 0.6 is 27.2 Å². The Hall–Kier alpha value is -6.50. The SMILES string of the molecule is COc1ccc(C(OC[C@H]2O[C@@H](n3cc(C)c(=O)[nH]c3=O)C[C@@H]2OP(=O)(/C=C/[C@H]2O[C@@H](n3cc(C)c(=O)[nH]c3=O)C[C@@H]2O[P+](OCCC#N)(N(C(C)C)C(C)C)N(C(C)C)C(C)C)Oc2ccccc2Cl)(c2ccccc2)c2ccc(OC)cc2)cc1. The van der Waals surface area contributed by atoms with E-state index < -0.39 is 80.6 Å². The molecule has 8 rings (SSSR count). The minimum absolute atomic E-state index is 0.00290. The van der Waals surface area contributed by atoms with Crippen LogP contribution in [-0.2, 0) is 37.9 Å². The highest BCUT2D eigenvalue weighted by molar-refractivity contribution is 7.61. The summed E-state index contributed by atoms with van der Waals surface area (Å²) in [6, 6.07) is 32.5. The Morgan fingerprint density at radius 2 is 1.20 bits per heavy atom. The van der Waals surface area contributed by atoms with Gasteiger partial charge in [-0.15, -0.1) is 9.34 Å². The molecule has 2 aliphatic rings. The van der Waals surface area contributed by atoms with Gasteiger partial charge < -0.3 is 28.2 Å². The number of ether oxygens (including phenoxy) is 5. The van der Waals surface area contributed by atoms with Gasteiger partial charge in [0.05, 0.1) is 38.3 Å². The van der Waals surface area contributed by atoms with Crippen LogP contribution in [0.2, 0.25) is 5.02 Å². The lowest BCUT2D eigenvalue weighted by molar-refractivity contribution is -0.0920. The first-order valence-electron chi connectivity index (χ1n) is 29.0. The number of benzene rings is 4. The predicted molar refractivity (Wildman–Crippen MR) is 333 cm³/mol. The van der Waals surface area contributed by atoms with Crippen LogP contribution in [0.15, 0.2) is 147 Å². The van der Waals surface area contributed by atoms with Crippen molar-refractivity contribution in [3.05, 3.63) is 202 Å². The molecule has 0 saturated carbocycles. The highest BCUT2D eigenvalue weighted by Gasteiger charge is 2.63. The first-order valence-corrected chi connectivity index (χ1v) is 32.5. The molecule has 0 amide bonds. The van der Waals surface area contributed by atoms with E-state index in [9.17, 15) is 24.4 Å². The molecule has 466 valence electrons. The van der Waals surface area contributed by atoms with Gasteiger partial charge in [-0.25, -0.2) is 14.2 Å². The zero-order chi connectivity index (χ0) is 63.0. The molecule has 21 nitrogen and oxygen atoms in total. The van der Waals surface area contributed by atoms with Crippen molar-refractivity contribution < 1.29 is 46.3 Å². The van der Waals surface area contributed by atoms with Gasteiger partial charge in [-0.3, -0.25) is 33.2 Å². The van der Waals surface area contributed by atoms with Crippen LogP contribution in [0.3, 0.4) is 0 Å². The first-order chi connectivity index (χ1) is 41.5. The summed E-state index contributed by atoms with van der Waals surface area (Å²) in [6.45, 7) is 19.2. The second-order valence-corrected chi connectivity index (χ2v) is 27.0. The zero-order valence-corrected chi connectivity index (χ0v) is 53.7. The maximum Gasteiger partial charge on any atom is 0.437 e. The molecule has 2 aliphatic heterocycles. The lowest BCUT2D eigenvalue weighted by Gasteiger charge is -2.45. The topological polar surface area (TPSA) is 240 Å². The maximum absolute atomic E-state index is 16.3. The number of para-hydroxylation sites is 1. The average molecular weight is 1260 g/mol. The number of nitrogens with one attached hydrogen (secondary N) is 2. The number of halogens is 1. The van der Waals surface area contributed by atoms with Gasteiger partial charge in [0, 0.05) is 66.3 Å². The maximum atomic E-state index is 16.3. The van der Waals surface area contributed by atoms with Crippen molar-refractivity contribution in [2.45, 2.75) is 155 Å². The number of aryl methyl sites for hydroxylation is 2. The van der Waals surface area contributed by atoms with Gasteiger partial charge in [0.15, 0.2) is 0 Å². The van der Waals surface area contributed by atoms with Crippen molar-refractivity contribution in [3.63, 3.8) is 0 Å². The average Bonchev–Trinajstić information content (AvgIpc) is 3.08. The summed E-state index contributed by atoms with van der Waals surface area (Å²) in [4.78, 5) is 57.8. The third-order valence-electron chi connectivity index (χ3n) is 15.1. The second-order valence-electron chi connectivity index (χ2n) is 22.5. The van der Waals surface area contributed by atoms with Gasteiger partial charge in [-0.2, -0.15) is 14.3 Å². The Morgan fingerprint density at radius 3 is 1.69 bits per heavy atom. The van der Waals surface area contributed by atoms with E-state index in [1.807, 2.05) is 134 Å². The molecule has 4 aromatic carbocycles. The van der Waals surface area contributed by atoms with Crippen molar-refractivity contribution in [2.24, 2.45) is 0 Å². The quantitative estimate of drug-likeness (QED) is 0.0277. The molecule has 0 spiro atoms. The van der Waals surface area contributed by atoms with E-state index >= 15 is 4.57 Å². The number of nitriles is 1. The molecular formula is C63H79ClN7O14P2+. The molecule has 2 saturated heterocycles. The zero-order valence-electron chi connectivity index (χ0n) is 51.2. The molecule has 87 heavy (non-hydrogen) atoms. The van der Waals surface area contributed by atoms with Gasteiger partial charge >= 0.3 is 27.0 Å². The van der Waals surface area contributed by atoms with Crippen molar-refractivity contribution in [1.82, 2.24) is 28.4 Å². The molecule has 0 radical (unpaired) electrons. The van der Waals surface area contributed by atoms with Crippen LogP contribution in [0, 0.1) is 25.2 Å². The van der Waals surface area contributed by atoms with Crippen LogP contribution in [0.5, 0.6) is 17.2 Å². The standard InChI is InChI=1S/C63H78ClN7O14P2/c1-40(2)70(41(3)4)87(80-33-18-32-65,71(42(5)6)43(7)8)85-54-35-57(68-37-44(9)59(72)66-61(68)74)81-53(54)31-34-86(76,83-52-22-17-16-21-51(52)64)84-55-36-58(69-38-45(10)60(73)67-62(69)75)82-56(55)39-79-63(46-19-14-13-15-20-46,47-23-27-49(77-11)28-24-47)48-25-29-50(78-12)30-26-48/h13-17,19-31,34,37-38,40-43,53-58H,18,33,35-36,39H2,1-12H3,(H-,66,67,72,73,74,75)/p+1/b34-31+/t53-,54+,55+,56-,57-,58-,86?/m1/s1. The van der Waals surface area contributed by atoms with Gasteiger partial charge in [-0.1, -0.05) is 78.3 Å². The normalized spacial score (nSPS) is 19.9. The van der Waals surface area contributed by atoms with E-state index in [1.54, 1.807) is 46.3 Å². The van der Waals surface area contributed by atoms with Crippen molar-refractivity contribution in [3.8, 4) is 23.3 Å². The van der Waals surface area contributed by atoms with E-state index in [2.05, 4.69) is 25.4 Å². The monoisotopic (exact) mass is 1250 g/mol. The number of H-pyrrole nitrogens is 2. The van der Waals surface area contributed by atoms with Crippen LogP contribution in [0.25, 0.3) is 0 Å². The third kappa shape index (κ3) is 14.8. The molecule has 2 fully saturated rings. The summed E-state index contributed by atoms with van der Waals surface area (Å²) in [5, 5.41) is 9.99. The predicted octanol–water partition coefficient (Wildman–Crippen LogP) is 11.4. The fourth-order valence-corrected chi connectivity index (χ4v) is 17.2. The van der Waals surface area contributed by atoms with Gasteiger partial charge in [0.25, 0.3) is 11.1 Å². The minimum Gasteiger partial charge on any atom is -0.497 e. The molecule has 6 aromatic rings. The van der Waals surface area contributed by atoms with Crippen LogP contribution in [0.4, 0.5) is 0 Å². The second kappa shape index (κ2) is 28.8. The molecule has 1 unspecified atom stereocenters. The third-order valence-corrected chi connectivity index (χ3v) is 21.0. The number of rotatable bonds is 27. The van der Waals surface area contributed by atoms with Crippen molar-refractivity contribution in [2.75, 3.05) is 27.4 Å². The summed E-state index contributed by atoms with van der Waals surface area (Å²) < 4.78 is 83.4. The number of hydrogen-bond donors (Lipinski definition) is 2.